The van der Waals surface area contributed by atoms with Crippen LogP contribution in [0, 0.1) is 11.8 Å². The molecule has 2 N–H and O–H groups in total. The summed E-state index contributed by atoms with van der Waals surface area (Å²) < 4.78 is 0. The molecule has 3 atom stereocenters. The van der Waals surface area contributed by atoms with Crippen molar-refractivity contribution >= 4 is 0 Å². The van der Waals surface area contributed by atoms with Gasteiger partial charge < -0.3 is 5.73 Å². The Kier molecular flexibility index (Phi) is 4.35. The number of hydrogen-bond donors (Lipinski definition) is 1. The molecule has 1 aliphatic rings. The topological polar surface area (TPSA) is 26.0 Å². The fourth-order valence-corrected chi connectivity index (χ4v) is 3.33. The van der Waals surface area contributed by atoms with Crippen LogP contribution in [0.5, 0.6) is 0 Å². The molecule has 0 spiro atoms. The minimum atomic E-state index is 0.0191. The van der Waals surface area contributed by atoms with Gasteiger partial charge in [-0.2, -0.15) is 0 Å². The first-order chi connectivity index (χ1) is 8.89. The zero-order chi connectivity index (χ0) is 14.0. The van der Waals surface area contributed by atoms with E-state index in [0.29, 0.717) is 5.92 Å². The Morgan fingerprint density at radius 2 is 1.79 bits per heavy atom. The molecule has 0 radical (unpaired) electrons. The Hall–Kier alpha value is -0.820. The van der Waals surface area contributed by atoms with Gasteiger partial charge in [-0.3, -0.25) is 0 Å². The zero-order valence-corrected chi connectivity index (χ0v) is 12.9. The van der Waals surface area contributed by atoms with E-state index in [0.717, 1.165) is 18.3 Å². The summed E-state index contributed by atoms with van der Waals surface area (Å²) >= 11 is 0. The van der Waals surface area contributed by atoms with E-state index in [1.807, 2.05) is 0 Å². The van der Waals surface area contributed by atoms with Gasteiger partial charge in [0.15, 0.2) is 0 Å². The second-order valence-corrected chi connectivity index (χ2v) is 7.13. The molecule has 0 aromatic heterocycles. The third-order valence-corrected chi connectivity index (χ3v) is 5.00. The predicted molar refractivity (Wildman–Crippen MR) is 83.3 cm³/mol. The second kappa shape index (κ2) is 5.66. The number of hydrogen-bond acceptors (Lipinski definition) is 1. The van der Waals surface area contributed by atoms with E-state index in [1.165, 1.54) is 30.4 Å². The summed E-state index contributed by atoms with van der Waals surface area (Å²) in [6.45, 7) is 9.20. The Labute approximate surface area is 118 Å². The smallest absolute Gasteiger partial charge is 0.0197 e. The molecule has 1 aliphatic carbocycles. The van der Waals surface area contributed by atoms with Crippen LogP contribution < -0.4 is 5.73 Å². The van der Waals surface area contributed by atoms with E-state index in [2.05, 4.69) is 52.0 Å². The Morgan fingerprint density at radius 3 is 2.32 bits per heavy atom. The molecule has 0 aliphatic heterocycles. The largest absolute Gasteiger partial charge is 0.325 e. The maximum atomic E-state index is 6.64. The van der Waals surface area contributed by atoms with E-state index >= 15 is 0 Å². The monoisotopic (exact) mass is 259 g/mol. The lowest BCUT2D eigenvalue weighted by Gasteiger charge is -2.40. The van der Waals surface area contributed by atoms with E-state index < -0.39 is 0 Å². The van der Waals surface area contributed by atoms with Gasteiger partial charge in [0, 0.05) is 5.54 Å². The quantitative estimate of drug-likeness (QED) is 0.849. The maximum Gasteiger partial charge on any atom is 0.0197 e. The van der Waals surface area contributed by atoms with Crippen molar-refractivity contribution in [3.63, 3.8) is 0 Å². The van der Waals surface area contributed by atoms with Gasteiger partial charge in [-0.1, -0.05) is 52.0 Å². The highest BCUT2D eigenvalue weighted by atomic mass is 14.7. The van der Waals surface area contributed by atoms with Crippen LogP contribution in [0.1, 0.15) is 64.0 Å². The van der Waals surface area contributed by atoms with Crippen molar-refractivity contribution in [1.29, 1.82) is 0 Å². The van der Waals surface area contributed by atoms with E-state index in [4.69, 9.17) is 5.73 Å². The standard InChI is InChI=1S/C18H29N/c1-13(2)17-7-5-16(6-8-17)12-18(19)10-9-14(3)15(4)11-18/h5-8,13-15H,9-12,19H2,1-4H3. The van der Waals surface area contributed by atoms with Crippen LogP contribution in [0.4, 0.5) is 0 Å². The summed E-state index contributed by atoms with van der Waals surface area (Å²) in [4.78, 5) is 0. The van der Waals surface area contributed by atoms with Gasteiger partial charge in [0.1, 0.15) is 0 Å². The molecule has 0 bridgehead atoms. The van der Waals surface area contributed by atoms with Crippen molar-refractivity contribution in [2.75, 3.05) is 0 Å². The lowest BCUT2D eigenvalue weighted by atomic mass is 9.69. The summed E-state index contributed by atoms with van der Waals surface area (Å²) in [5.74, 6) is 2.20. The third kappa shape index (κ3) is 3.60. The first kappa shape index (κ1) is 14.6. The minimum absolute atomic E-state index is 0.0191. The van der Waals surface area contributed by atoms with Crippen molar-refractivity contribution in [2.45, 2.75) is 64.8 Å². The lowest BCUT2D eigenvalue weighted by molar-refractivity contribution is 0.176. The van der Waals surface area contributed by atoms with Crippen molar-refractivity contribution in [2.24, 2.45) is 17.6 Å². The molecule has 19 heavy (non-hydrogen) atoms. The molecule has 0 amide bonds. The van der Waals surface area contributed by atoms with E-state index in [9.17, 15) is 0 Å². The number of benzene rings is 1. The average Bonchev–Trinajstić information content (AvgIpc) is 2.35. The SMILES string of the molecule is CC(C)c1ccc(CC2(N)CCC(C)C(C)C2)cc1. The van der Waals surface area contributed by atoms with E-state index in [1.54, 1.807) is 0 Å². The first-order valence-electron chi connectivity index (χ1n) is 7.77. The molecular formula is C18H29N. The predicted octanol–water partition coefficient (Wildman–Crippen LogP) is 4.51. The van der Waals surface area contributed by atoms with Crippen LogP contribution >= 0.6 is 0 Å². The third-order valence-electron chi connectivity index (χ3n) is 5.00. The van der Waals surface area contributed by atoms with Crippen molar-refractivity contribution in [1.82, 2.24) is 0 Å². The molecule has 3 unspecified atom stereocenters. The lowest BCUT2D eigenvalue weighted by Crippen LogP contribution is -2.47. The molecule has 1 nitrogen and oxygen atoms in total. The molecule has 1 saturated carbocycles. The van der Waals surface area contributed by atoms with Crippen molar-refractivity contribution < 1.29 is 0 Å². The van der Waals surface area contributed by atoms with Crippen LogP contribution in [0.15, 0.2) is 24.3 Å². The van der Waals surface area contributed by atoms with Crippen LogP contribution in [0.2, 0.25) is 0 Å². The maximum absolute atomic E-state index is 6.64. The fraction of sp³-hybridized carbons (Fsp3) is 0.667. The molecule has 0 heterocycles. The normalized spacial score (nSPS) is 31.7. The van der Waals surface area contributed by atoms with Gasteiger partial charge in [-0.25, -0.2) is 0 Å². The summed E-state index contributed by atoms with van der Waals surface area (Å²) in [7, 11) is 0. The first-order valence-corrected chi connectivity index (χ1v) is 7.77. The molecule has 1 aromatic carbocycles. The Morgan fingerprint density at radius 1 is 1.16 bits per heavy atom. The molecule has 106 valence electrons. The van der Waals surface area contributed by atoms with Crippen LogP contribution in [0.25, 0.3) is 0 Å². The van der Waals surface area contributed by atoms with Crippen molar-refractivity contribution in [3.8, 4) is 0 Å². The van der Waals surface area contributed by atoms with Crippen LogP contribution in [0.3, 0.4) is 0 Å². The molecule has 2 rings (SSSR count). The highest BCUT2D eigenvalue weighted by molar-refractivity contribution is 5.26. The van der Waals surface area contributed by atoms with Gasteiger partial charge >= 0.3 is 0 Å². The van der Waals surface area contributed by atoms with Crippen molar-refractivity contribution in [3.05, 3.63) is 35.4 Å². The Bertz CT molecular complexity index is 406. The van der Waals surface area contributed by atoms with Gasteiger partial charge in [0.05, 0.1) is 0 Å². The Balaban J connectivity index is 2.04. The van der Waals surface area contributed by atoms with Crippen LogP contribution in [-0.4, -0.2) is 5.54 Å². The second-order valence-electron chi connectivity index (χ2n) is 7.13. The minimum Gasteiger partial charge on any atom is -0.325 e. The highest BCUT2D eigenvalue weighted by Gasteiger charge is 2.34. The summed E-state index contributed by atoms with van der Waals surface area (Å²) in [5, 5.41) is 0. The van der Waals surface area contributed by atoms with Gasteiger partial charge in [0.2, 0.25) is 0 Å². The average molecular weight is 259 g/mol. The molecule has 1 heteroatoms. The molecule has 1 fully saturated rings. The summed E-state index contributed by atoms with van der Waals surface area (Å²) in [6, 6.07) is 9.07. The van der Waals surface area contributed by atoms with Crippen LogP contribution in [-0.2, 0) is 6.42 Å². The fourth-order valence-electron chi connectivity index (χ4n) is 3.33. The number of rotatable bonds is 3. The molecule has 1 aromatic rings. The van der Waals surface area contributed by atoms with Gasteiger partial charge in [0.25, 0.3) is 0 Å². The van der Waals surface area contributed by atoms with Gasteiger partial charge in [-0.15, -0.1) is 0 Å². The summed E-state index contributed by atoms with van der Waals surface area (Å²) in [6.07, 6.45) is 4.65. The molecule has 0 saturated heterocycles. The van der Waals surface area contributed by atoms with E-state index in [-0.39, 0.29) is 5.54 Å². The number of nitrogens with two attached hydrogens (primary N) is 1. The molecular weight excluding hydrogens is 230 g/mol. The van der Waals surface area contributed by atoms with Gasteiger partial charge in [-0.05, 0) is 54.6 Å². The highest BCUT2D eigenvalue weighted by Crippen LogP contribution is 2.36. The summed E-state index contributed by atoms with van der Waals surface area (Å²) in [5.41, 5.74) is 9.47. The zero-order valence-electron chi connectivity index (χ0n) is 12.9.